The monoisotopic (exact) mass is 487 g/mol. The minimum Gasteiger partial charge on any atom is -0.497 e. The Labute approximate surface area is 211 Å². The number of hydrogen-bond acceptors (Lipinski definition) is 7. The lowest BCUT2D eigenvalue weighted by Gasteiger charge is -2.29. The molecule has 188 valence electrons. The van der Waals surface area contributed by atoms with E-state index in [-0.39, 0.29) is 10.6 Å². The van der Waals surface area contributed by atoms with E-state index in [1.165, 1.54) is 25.7 Å². The van der Waals surface area contributed by atoms with Crippen LogP contribution in [0.2, 0.25) is 0 Å². The van der Waals surface area contributed by atoms with Crippen molar-refractivity contribution in [1.82, 2.24) is 15.6 Å². The maximum absolute atomic E-state index is 11.0. The van der Waals surface area contributed by atoms with Gasteiger partial charge in [0.1, 0.15) is 11.8 Å². The summed E-state index contributed by atoms with van der Waals surface area (Å²) in [5.41, 5.74) is 4.51. The van der Waals surface area contributed by atoms with Crippen LogP contribution in [0.25, 0.3) is 10.9 Å². The summed E-state index contributed by atoms with van der Waals surface area (Å²) >= 11 is 0. The van der Waals surface area contributed by atoms with Crippen molar-refractivity contribution in [2.75, 3.05) is 7.11 Å². The number of methoxy groups -OCH3 is 1. The SMILES string of the molecule is CCc1c(C#N)cnc2ccc(OC)cc12.Cc1ccc(CNC2CC3CCC(C2)N3)cc1[N+](=O)[O-]. The van der Waals surface area contributed by atoms with E-state index in [4.69, 9.17) is 10.00 Å². The van der Waals surface area contributed by atoms with E-state index in [2.05, 4.69) is 21.7 Å². The van der Waals surface area contributed by atoms with Crippen LogP contribution >= 0.6 is 0 Å². The van der Waals surface area contributed by atoms with Crippen LogP contribution in [0, 0.1) is 28.4 Å². The van der Waals surface area contributed by atoms with Gasteiger partial charge in [-0.25, -0.2) is 0 Å². The number of nitriles is 1. The fourth-order valence-electron chi connectivity index (χ4n) is 5.28. The highest BCUT2D eigenvalue weighted by Gasteiger charge is 2.33. The normalized spacial score (nSPS) is 20.3. The summed E-state index contributed by atoms with van der Waals surface area (Å²) in [5, 5.41) is 28.1. The first kappa shape index (κ1) is 25.5. The highest BCUT2D eigenvalue weighted by atomic mass is 16.6. The first-order valence-corrected chi connectivity index (χ1v) is 12.5. The second-order valence-corrected chi connectivity index (χ2v) is 9.56. The molecule has 8 heteroatoms. The van der Waals surface area contributed by atoms with E-state index in [9.17, 15) is 10.1 Å². The molecule has 0 spiro atoms. The number of nitro benzene ring substituents is 1. The molecular weight excluding hydrogens is 454 g/mol. The van der Waals surface area contributed by atoms with Crippen molar-refractivity contribution in [3.05, 3.63) is 75.0 Å². The minimum atomic E-state index is -0.302. The van der Waals surface area contributed by atoms with Crippen molar-refractivity contribution in [2.45, 2.75) is 70.6 Å². The Morgan fingerprint density at radius 3 is 2.61 bits per heavy atom. The van der Waals surface area contributed by atoms with Gasteiger partial charge in [-0.3, -0.25) is 15.1 Å². The number of nitrogens with zero attached hydrogens (tertiary/aromatic N) is 3. The van der Waals surface area contributed by atoms with Crippen molar-refractivity contribution in [1.29, 1.82) is 5.26 Å². The van der Waals surface area contributed by atoms with Gasteiger partial charge in [0.2, 0.25) is 0 Å². The molecule has 3 aromatic rings. The summed E-state index contributed by atoms with van der Waals surface area (Å²) < 4.78 is 5.18. The Hall–Kier alpha value is -3.54. The Bertz CT molecular complexity index is 1270. The van der Waals surface area contributed by atoms with Crippen LogP contribution in [0.1, 0.15) is 54.9 Å². The van der Waals surface area contributed by atoms with Crippen molar-refractivity contribution in [3.63, 3.8) is 0 Å². The summed E-state index contributed by atoms with van der Waals surface area (Å²) in [6.07, 6.45) is 7.37. The molecule has 2 unspecified atom stereocenters. The van der Waals surface area contributed by atoms with Crippen LogP contribution in [0.15, 0.2) is 42.6 Å². The van der Waals surface area contributed by atoms with Crippen molar-refractivity contribution < 1.29 is 9.66 Å². The summed E-state index contributed by atoms with van der Waals surface area (Å²) in [4.78, 5) is 14.9. The number of piperidine rings is 1. The van der Waals surface area contributed by atoms with Gasteiger partial charge in [-0.1, -0.05) is 19.1 Å². The van der Waals surface area contributed by atoms with E-state index >= 15 is 0 Å². The fraction of sp³-hybridized carbons (Fsp3) is 0.429. The Morgan fingerprint density at radius 1 is 1.22 bits per heavy atom. The number of hydrogen-bond donors (Lipinski definition) is 2. The van der Waals surface area contributed by atoms with Gasteiger partial charge < -0.3 is 15.4 Å². The molecule has 0 radical (unpaired) electrons. The average Bonchev–Trinajstić information content (AvgIpc) is 3.24. The van der Waals surface area contributed by atoms with Crippen LogP contribution in [0.4, 0.5) is 5.69 Å². The van der Waals surface area contributed by atoms with E-state index in [0.29, 0.717) is 30.2 Å². The third kappa shape index (κ3) is 5.81. The van der Waals surface area contributed by atoms with Gasteiger partial charge in [-0.2, -0.15) is 5.26 Å². The van der Waals surface area contributed by atoms with Crippen LogP contribution in [0.3, 0.4) is 0 Å². The van der Waals surface area contributed by atoms with E-state index in [0.717, 1.165) is 39.8 Å². The number of aryl methyl sites for hydroxylation is 2. The lowest BCUT2D eigenvalue weighted by atomic mass is 9.99. The van der Waals surface area contributed by atoms with E-state index in [1.807, 2.05) is 37.3 Å². The second-order valence-electron chi connectivity index (χ2n) is 9.56. The predicted octanol–water partition coefficient (Wildman–Crippen LogP) is 4.95. The van der Waals surface area contributed by atoms with Gasteiger partial charge in [0.15, 0.2) is 0 Å². The van der Waals surface area contributed by atoms with Gasteiger partial charge in [-0.05, 0) is 68.4 Å². The number of rotatable bonds is 6. The van der Waals surface area contributed by atoms with Gasteiger partial charge in [-0.15, -0.1) is 0 Å². The highest BCUT2D eigenvalue weighted by Crippen LogP contribution is 2.27. The number of nitro groups is 1. The molecule has 2 saturated heterocycles. The van der Waals surface area contributed by atoms with Crippen molar-refractivity contribution in [2.24, 2.45) is 0 Å². The molecule has 0 saturated carbocycles. The van der Waals surface area contributed by atoms with Crippen molar-refractivity contribution in [3.8, 4) is 11.8 Å². The molecule has 2 aliphatic rings. The third-order valence-electron chi connectivity index (χ3n) is 7.20. The van der Waals surface area contributed by atoms with Crippen LogP contribution in [-0.2, 0) is 13.0 Å². The van der Waals surface area contributed by atoms with E-state index < -0.39 is 0 Å². The zero-order valence-electron chi connectivity index (χ0n) is 21.1. The van der Waals surface area contributed by atoms with Gasteiger partial charge >= 0.3 is 0 Å². The topological polar surface area (TPSA) is 113 Å². The highest BCUT2D eigenvalue weighted by molar-refractivity contribution is 5.85. The molecule has 0 amide bonds. The molecule has 0 aliphatic carbocycles. The molecule has 2 aliphatic heterocycles. The number of ether oxygens (including phenoxy) is 1. The van der Waals surface area contributed by atoms with E-state index in [1.54, 1.807) is 26.3 Å². The molecule has 2 fully saturated rings. The molecule has 5 rings (SSSR count). The Kier molecular flexibility index (Phi) is 8.14. The molecular formula is C28H33N5O3. The zero-order chi connectivity index (χ0) is 25.7. The smallest absolute Gasteiger partial charge is 0.272 e. The van der Waals surface area contributed by atoms with Crippen LogP contribution in [0.5, 0.6) is 5.75 Å². The number of nitrogens with one attached hydrogen (secondary N) is 2. The first-order valence-electron chi connectivity index (χ1n) is 12.5. The number of aromatic nitrogens is 1. The van der Waals surface area contributed by atoms with Crippen molar-refractivity contribution >= 4 is 16.6 Å². The zero-order valence-corrected chi connectivity index (χ0v) is 21.1. The first-order chi connectivity index (χ1) is 17.4. The lowest BCUT2D eigenvalue weighted by molar-refractivity contribution is -0.385. The van der Waals surface area contributed by atoms with Gasteiger partial charge in [0, 0.05) is 47.9 Å². The molecule has 36 heavy (non-hydrogen) atoms. The number of fused-ring (bicyclic) bond motifs is 3. The standard InChI is InChI=1S/C15H21N3O2.C13H12N2O/c1-10-2-3-11(6-15(10)18(19)20)9-16-14-7-12-4-5-13(8-14)17-12;1-3-11-9(7-14)8-15-13-5-4-10(16-2)6-12(11)13/h2-3,6,12-14,16-17H,4-5,7-9H2,1H3;4-6,8H,3H2,1-2H3. The average molecular weight is 488 g/mol. The molecule has 3 heterocycles. The van der Waals surface area contributed by atoms with Gasteiger partial charge in [0.25, 0.3) is 5.69 Å². The summed E-state index contributed by atoms with van der Waals surface area (Å²) in [6, 6.07) is 15.3. The molecule has 2 aromatic carbocycles. The predicted molar refractivity (Wildman–Crippen MR) is 140 cm³/mol. The third-order valence-corrected chi connectivity index (χ3v) is 7.20. The fourth-order valence-corrected chi connectivity index (χ4v) is 5.28. The van der Waals surface area contributed by atoms with Crippen LogP contribution in [-0.4, -0.2) is 35.1 Å². The molecule has 8 nitrogen and oxygen atoms in total. The quantitative estimate of drug-likeness (QED) is 0.373. The second kappa shape index (κ2) is 11.5. The molecule has 2 bridgehead atoms. The number of benzene rings is 2. The maximum Gasteiger partial charge on any atom is 0.272 e. The number of pyridine rings is 1. The molecule has 1 aromatic heterocycles. The largest absolute Gasteiger partial charge is 0.497 e. The molecule has 2 N–H and O–H groups in total. The van der Waals surface area contributed by atoms with Gasteiger partial charge in [0.05, 0.1) is 23.1 Å². The summed E-state index contributed by atoms with van der Waals surface area (Å²) in [7, 11) is 1.63. The Morgan fingerprint density at radius 2 is 1.97 bits per heavy atom. The molecule has 2 atom stereocenters. The Balaban J connectivity index is 0.000000174. The summed E-state index contributed by atoms with van der Waals surface area (Å²) in [5.74, 6) is 0.791. The minimum absolute atomic E-state index is 0.217. The maximum atomic E-state index is 11.0. The lowest BCUT2D eigenvalue weighted by Crippen LogP contribution is -2.46. The van der Waals surface area contributed by atoms with Crippen LogP contribution < -0.4 is 15.4 Å². The summed E-state index contributed by atoms with van der Waals surface area (Å²) in [6.45, 7) is 4.53.